The number of hydrogen-bond donors (Lipinski definition) is 0. The Morgan fingerprint density at radius 2 is 0.827 bits per heavy atom. The third kappa shape index (κ3) is 3.82. The summed E-state index contributed by atoms with van der Waals surface area (Å²) in [6.45, 7) is 9.59. The smallest absolute Gasteiger partial charge is 0.0165 e. The molecule has 0 N–H and O–H groups in total. The molecule has 9 aromatic carbocycles. The van der Waals surface area contributed by atoms with E-state index in [1.807, 2.05) is 0 Å². The summed E-state index contributed by atoms with van der Waals surface area (Å²) in [5, 5.41) is 10.4. The van der Waals surface area contributed by atoms with Gasteiger partial charge in [-0.2, -0.15) is 0 Å². The molecule has 0 nitrogen and oxygen atoms in total. The van der Waals surface area contributed by atoms with Gasteiger partial charge < -0.3 is 0 Å². The highest BCUT2D eigenvalue weighted by atomic mass is 14.4. The second kappa shape index (κ2) is 10.3. The standard InChI is InChI=1S/C52H38/c1-51(2)44-20-12-11-17-37(44)38-25-24-34(30-45(38)51)48-41-19-10-9-18-40(41)47(43-28-22-31-13-5-7-15-35(31)49(43)48)33-23-26-39-42-27-21-32-14-6-8-16-36(32)50(42)52(3,4)46(39)29-33/h5-30H,1-4H3. The lowest BCUT2D eigenvalue weighted by atomic mass is 9.78. The Bertz CT molecular complexity index is 3010. The summed E-state index contributed by atoms with van der Waals surface area (Å²) in [5.74, 6) is 0. The Balaban J connectivity index is 1.21. The summed E-state index contributed by atoms with van der Waals surface area (Å²) in [6, 6.07) is 59.7. The zero-order valence-electron chi connectivity index (χ0n) is 30.0. The molecule has 0 radical (unpaired) electrons. The van der Waals surface area contributed by atoms with Crippen molar-refractivity contribution in [2.45, 2.75) is 38.5 Å². The van der Waals surface area contributed by atoms with Gasteiger partial charge in [0.15, 0.2) is 0 Å². The second-order valence-electron chi connectivity index (χ2n) is 16.0. The molecule has 52 heavy (non-hydrogen) atoms. The molecule has 2 aliphatic rings. The highest BCUT2D eigenvalue weighted by molar-refractivity contribution is 6.28. The lowest BCUT2D eigenvalue weighted by Crippen LogP contribution is -2.15. The van der Waals surface area contributed by atoms with Crippen LogP contribution >= 0.6 is 0 Å². The molecule has 0 aliphatic heterocycles. The number of rotatable bonds is 2. The Labute approximate surface area is 305 Å². The van der Waals surface area contributed by atoms with Crippen LogP contribution in [0.4, 0.5) is 0 Å². The zero-order valence-corrected chi connectivity index (χ0v) is 30.0. The summed E-state index contributed by atoms with van der Waals surface area (Å²) in [4.78, 5) is 0. The molecule has 0 heteroatoms. The Morgan fingerprint density at radius 3 is 1.58 bits per heavy atom. The van der Waals surface area contributed by atoms with Gasteiger partial charge in [-0.1, -0.05) is 173 Å². The van der Waals surface area contributed by atoms with Crippen LogP contribution in [0.1, 0.15) is 49.9 Å². The van der Waals surface area contributed by atoms with Gasteiger partial charge in [0.2, 0.25) is 0 Å². The first-order chi connectivity index (χ1) is 25.3. The normalized spacial score (nSPS) is 14.8. The first-order valence-corrected chi connectivity index (χ1v) is 18.6. The van der Waals surface area contributed by atoms with Crippen molar-refractivity contribution in [3.63, 3.8) is 0 Å². The second-order valence-corrected chi connectivity index (χ2v) is 16.0. The summed E-state index contributed by atoms with van der Waals surface area (Å²) in [6.07, 6.45) is 0. The Hall–Kier alpha value is -5.98. The van der Waals surface area contributed by atoms with Gasteiger partial charge in [-0.15, -0.1) is 0 Å². The number of fused-ring (bicyclic) bond motifs is 12. The molecular formula is C52H38. The minimum absolute atomic E-state index is 0.0737. The van der Waals surface area contributed by atoms with Crippen molar-refractivity contribution in [1.82, 2.24) is 0 Å². The monoisotopic (exact) mass is 662 g/mol. The molecule has 0 atom stereocenters. The predicted octanol–water partition coefficient (Wildman–Crippen LogP) is 14.2. The molecule has 0 saturated heterocycles. The van der Waals surface area contributed by atoms with Crippen LogP contribution in [0, 0.1) is 0 Å². The first-order valence-electron chi connectivity index (χ1n) is 18.6. The van der Waals surface area contributed by atoms with Crippen LogP contribution in [0.5, 0.6) is 0 Å². The maximum absolute atomic E-state index is 2.51. The molecule has 0 bridgehead atoms. The summed E-state index contributed by atoms with van der Waals surface area (Å²) in [5.41, 5.74) is 16.1. The van der Waals surface area contributed by atoms with Crippen molar-refractivity contribution in [2.75, 3.05) is 0 Å². The molecule has 0 unspecified atom stereocenters. The fourth-order valence-electron chi connectivity index (χ4n) is 10.2. The maximum atomic E-state index is 2.51. The van der Waals surface area contributed by atoms with Crippen LogP contribution in [0.25, 0.3) is 87.6 Å². The molecule has 0 fully saturated rings. The number of hydrogen-bond acceptors (Lipinski definition) is 0. The highest BCUT2D eigenvalue weighted by Gasteiger charge is 2.38. The van der Waals surface area contributed by atoms with Crippen molar-refractivity contribution in [2.24, 2.45) is 0 Å². The molecule has 0 heterocycles. The minimum Gasteiger partial charge on any atom is -0.0619 e. The summed E-state index contributed by atoms with van der Waals surface area (Å²) >= 11 is 0. The van der Waals surface area contributed by atoms with Crippen molar-refractivity contribution >= 4 is 43.1 Å². The molecule has 9 aromatic rings. The van der Waals surface area contributed by atoms with E-state index in [9.17, 15) is 0 Å². The Morgan fingerprint density at radius 1 is 0.327 bits per heavy atom. The van der Waals surface area contributed by atoms with E-state index in [-0.39, 0.29) is 10.8 Å². The minimum atomic E-state index is -0.130. The number of benzene rings is 9. The van der Waals surface area contributed by atoms with Crippen molar-refractivity contribution in [1.29, 1.82) is 0 Å². The van der Waals surface area contributed by atoms with Gasteiger partial charge in [0.25, 0.3) is 0 Å². The lowest BCUT2D eigenvalue weighted by molar-refractivity contribution is 0.660. The maximum Gasteiger partial charge on any atom is 0.0165 e. The molecule has 0 spiro atoms. The molecule has 0 aromatic heterocycles. The van der Waals surface area contributed by atoms with E-state index in [2.05, 4.69) is 185 Å². The van der Waals surface area contributed by atoms with E-state index in [4.69, 9.17) is 0 Å². The van der Waals surface area contributed by atoms with Gasteiger partial charge in [-0.25, -0.2) is 0 Å². The SMILES string of the molecule is CC1(C)c2ccccc2-c2ccc(-c3c4ccccc4c(-c4ccc5c(c4)C(C)(C)c4c-5ccc5ccccc45)c4ccc5ccccc5c34)cc21. The quantitative estimate of drug-likeness (QED) is 0.128. The fourth-order valence-corrected chi connectivity index (χ4v) is 10.2. The van der Waals surface area contributed by atoms with E-state index < -0.39 is 0 Å². The molecule has 11 rings (SSSR count). The molecule has 246 valence electrons. The fraction of sp³-hybridized carbons (Fsp3) is 0.115. The Kier molecular flexibility index (Phi) is 5.89. The van der Waals surface area contributed by atoms with E-state index in [0.29, 0.717) is 0 Å². The van der Waals surface area contributed by atoms with Gasteiger partial charge >= 0.3 is 0 Å². The average Bonchev–Trinajstić information content (AvgIpc) is 3.55. The largest absolute Gasteiger partial charge is 0.0619 e. The van der Waals surface area contributed by atoms with E-state index >= 15 is 0 Å². The average molecular weight is 663 g/mol. The summed E-state index contributed by atoms with van der Waals surface area (Å²) in [7, 11) is 0. The van der Waals surface area contributed by atoms with Crippen LogP contribution < -0.4 is 0 Å². The van der Waals surface area contributed by atoms with Crippen molar-refractivity contribution in [3.05, 3.63) is 180 Å². The van der Waals surface area contributed by atoms with Crippen LogP contribution in [0.15, 0.2) is 158 Å². The highest BCUT2D eigenvalue weighted by Crippen LogP contribution is 2.55. The molecule has 0 amide bonds. The van der Waals surface area contributed by atoms with Gasteiger partial charge in [0, 0.05) is 10.8 Å². The molecule has 0 saturated carbocycles. The summed E-state index contributed by atoms with van der Waals surface area (Å²) < 4.78 is 0. The van der Waals surface area contributed by atoms with Crippen LogP contribution in [-0.4, -0.2) is 0 Å². The zero-order chi connectivity index (χ0) is 34.9. The van der Waals surface area contributed by atoms with Crippen molar-refractivity contribution < 1.29 is 0 Å². The van der Waals surface area contributed by atoms with Gasteiger partial charge in [-0.3, -0.25) is 0 Å². The van der Waals surface area contributed by atoms with Gasteiger partial charge in [-0.05, 0) is 122 Å². The van der Waals surface area contributed by atoms with E-state index in [1.165, 1.54) is 110 Å². The molecule has 2 aliphatic carbocycles. The van der Waals surface area contributed by atoms with Crippen molar-refractivity contribution in [3.8, 4) is 44.5 Å². The van der Waals surface area contributed by atoms with Crippen LogP contribution in [-0.2, 0) is 10.8 Å². The first kappa shape index (κ1) is 29.7. The van der Waals surface area contributed by atoms with E-state index in [1.54, 1.807) is 0 Å². The third-order valence-electron chi connectivity index (χ3n) is 12.6. The van der Waals surface area contributed by atoms with E-state index in [0.717, 1.165) is 0 Å². The third-order valence-corrected chi connectivity index (χ3v) is 12.6. The topological polar surface area (TPSA) is 0 Å². The van der Waals surface area contributed by atoms with Gasteiger partial charge in [0.05, 0.1) is 0 Å². The lowest BCUT2D eigenvalue weighted by Gasteiger charge is -2.25. The predicted molar refractivity (Wildman–Crippen MR) is 222 cm³/mol. The van der Waals surface area contributed by atoms with Gasteiger partial charge in [0.1, 0.15) is 0 Å². The van der Waals surface area contributed by atoms with Crippen LogP contribution in [0.3, 0.4) is 0 Å². The molecular weight excluding hydrogens is 625 g/mol. The van der Waals surface area contributed by atoms with Crippen LogP contribution in [0.2, 0.25) is 0 Å².